The SMILES string of the molecule is CC[C@@H]1CN2CC[C@H]1C[C@@H]2CNCc1ccc2c(c1)OCO2. The Hall–Kier alpha value is -1.26. The molecule has 5 rings (SSSR count). The molecule has 0 saturated carbocycles. The number of rotatable bonds is 5. The Morgan fingerprint density at radius 3 is 3.00 bits per heavy atom. The second kappa shape index (κ2) is 6.09. The van der Waals surface area contributed by atoms with Crippen LogP contribution in [0.5, 0.6) is 11.5 Å². The van der Waals surface area contributed by atoms with Crippen molar-refractivity contribution in [3.05, 3.63) is 23.8 Å². The van der Waals surface area contributed by atoms with Gasteiger partial charge in [-0.3, -0.25) is 4.90 Å². The number of nitrogens with zero attached hydrogens (tertiary/aromatic N) is 1. The molecule has 3 saturated heterocycles. The van der Waals surface area contributed by atoms with E-state index < -0.39 is 0 Å². The molecule has 4 aliphatic rings. The predicted molar refractivity (Wildman–Crippen MR) is 86.1 cm³/mol. The average Bonchev–Trinajstić information content (AvgIpc) is 3.03. The molecule has 4 heterocycles. The molecular formula is C18H26N2O2. The molecule has 1 N–H and O–H groups in total. The highest BCUT2D eigenvalue weighted by Gasteiger charge is 2.38. The van der Waals surface area contributed by atoms with Crippen LogP contribution in [0.1, 0.15) is 31.7 Å². The van der Waals surface area contributed by atoms with Gasteiger partial charge in [0, 0.05) is 25.7 Å². The van der Waals surface area contributed by atoms with Crippen molar-refractivity contribution < 1.29 is 9.47 Å². The molecule has 22 heavy (non-hydrogen) atoms. The smallest absolute Gasteiger partial charge is 0.231 e. The van der Waals surface area contributed by atoms with Gasteiger partial charge in [-0.1, -0.05) is 19.4 Å². The summed E-state index contributed by atoms with van der Waals surface area (Å²) in [6.07, 6.45) is 4.14. The van der Waals surface area contributed by atoms with Crippen LogP contribution in [0.25, 0.3) is 0 Å². The monoisotopic (exact) mass is 302 g/mol. The highest BCUT2D eigenvalue weighted by Crippen LogP contribution is 2.37. The fraction of sp³-hybridized carbons (Fsp3) is 0.667. The lowest BCUT2D eigenvalue weighted by Gasteiger charge is -2.50. The van der Waals surface area contributed by atoms with E-state index >= 15 is 0 Å². The second-order valence-electron chi connectivity index (χ2n) is 6.92. The summed E-state index contributed by atoms with van der Waals surface area (Å²) in [5.74, 6) is 3.65. The van der Waals surface area contributed by atoms with Crippen molar-refractivity contribution in [1.82, 2.24) is 10.2 Å². The lowest BCUT2D eigenvalue weighted by Crippen LogP contribution is -2.56. The van der Waals surface area contributed by atoms with Gasteiger partial charge >= 0.3 is 0 Å². The molecule has 0 aliphatic carbocycles. The van der Waals surface area contributed by atoms with Crippen LogP contribution in [0.2, 0.25) is 0 Å². The van der Waals surface area contributed by atoms with Gasteiger partial charge in [0.05, 0.1) is 0 Å². The maximum absolute atomic E-state index is 5.44. The van der Waals surface area contributed by atoms with E-state index in [4.69, 9.17) is 9.47 Å². The first-order valence-electron chi connectivity index (χ1n) is 8.66. The summed E-state index contributed by atoms with van der Waals surface area (Å²) in [6, 6.07) is 6.96. The van der Waals surface area contributed by atoms with Crippen LogP contribution in [0.15, 0.2) is 18.2 Å². The molecule has 0 aromatic heterocycles. The third-order valence-corrected chi connectivity index (χ3v) is 5.68. The van der Waals surface area contributed by atoms with Gasteiger partial charge in [-0.2, -0.15) is 0 Å². The van der Waals surface area contributed by atoms with Crippen molar-refractivity contribution in [1.29, 1.82) is 0 Å². The zero-order valence-electron chi connectivity index (χ0n) is 13.4. The topological polar surface area (TPSA) is 33.7 Å². The number of hydrogen-bond donors (Lipinski definition) is 1. The molecular weight excluding hydrogens is 276 g/mol. The summed E-state index contributed by atoms with van der Waals surface area (Å²) in [5, 5.41) is 3.64. The first-order chi connectivity index (χ1) is 10.8. The maximum Gasteiger partial charge on any atom is 0.231 e. The minimum absolute atomic E-state index is 0.350. The lowest BCUT2D eigenvalue weighted by molar-refractivity contribution is 0.000332. The van der Waals surface area contributed by atoms with Gasteiger partial charge in [-0.15, -0.1) is 0 Å². The van der Waals surface area contributed by atoms with Crippen LogP contribution in [0.3, 0.4) is 0 Å². The summed E-state index contributed by atoms with van der Waals surface area (Å²) >= 11 is 0. The summed E-state index contributed by atoms with van der Waals surface area (Å²) in [7, 11) is 0. The van der Waals surface area contributed by atoms with E-state index in [0.717, 1.165) is 42.5 Å². The quantitative estimate of drug-likeness (QED) is 0.906. The molecule has 4 aliphatic heterocycles. The van der Waals surface area contributed by atoms with E-state index in [-0.39, 0.29) is 0 Å². The van der Waals surface area contributed by atoms with Crippen LogP contribution in [0.4, 0.5) is 0 Å². The highest BCUT2D eigenvalue weighted by atomic mass is 16.7. The van der Waals surface area contributed by atoms with Crippen LogP contribution in [-0.2, 0) is 6.54 Å². The van der Waals surface area contributed by atoms with E-state index in [1.807, 2.05) is 6.07 Å². The molecule has 2 bridgehead atoms. The van der Waals surface area contributed by atoms with Crippen molar-refractivity contribution in [2.75, 3.05) is 26.4 Å². The molecule has 1 unspecified atom stereocenters. The van der Waals surface area contributed by atoms with Gasteiger partial charge in [0.15, 0.2) is 11.5 Å². The Bertz CT molecular complexity index is 534. The van der Waals surface area contributed by atoms with Gasteiger partial charge in [0.1, 0.15) is 0 Å². The fourth-order valence-electron chi connectivity index (χ4n) is 4.36. The zero-order chi connectivity index (χ0) is 14.9. The molecule has 4 atom stereocenters. The van der Waals surface area contributed by atoms with E-state index in [1.54, 1.807) is 0 Å². The molecule has 3 fully saturated rings. The van der Waals surface area contributed by atoms with Crippen LogP contribution in [0, 0.1) is 11.8 Å². The number of hydrogen-bond acceptors (Lipinski definition) is 4. The highest BCUT2D eigenvalue weighted by molar-refractivity contribution is 5.44. The molecule has 4 heteroatoms. The van der Waals surface area contributed by atoms with E-state index in [9.17, 15) is 0 Å². The molecule has 0 radical (unpaired) electrons. The van der Waals surface area contributed by atoms with E-state index in [1.165, 1.54) is 37.9 Å². The Kier molecular flexibility index (Phi) is 3.97. The fourth-order valence-corrected chi connectivity index (χ4v) is 4.36. The van der Waals surface area contributed by atoms with Crippen LogP contribution in [-0.4, -0.2) is 37.4 Å². The number of piperidine rings is 3. The molecule has 1 aromatic rings. The predicted octanol–water partition coefficient (Wildman–Crippen LogP) is 2.63. The summed E-state index contributed by atoms with van der Waals surface area (Å²) < 4.78 is 10.8. The van der Waals surface area contributed by atoms with E-state index in [2.05, 4.69) is 29.3 Å². The van der Waals surface area contributed by atoms with Crippen molar-refractivity contribution in [2.45, 2.75) is 38.8 Å². The summed E-state index contributed by atoms with van der Waals surface area (Å²) in [5.41, 5.74) is 1.27. The Labute approximate surface area is 132 Å². The first-order valence-corrected chi connectivity index (χ1v) is 8.66. The van der Waals surface area contributed by atoms with Gasteiger partial charge in [-0.05, 0) is 48.9 Å². The molecule has 120 valence electrons. The Morgan fingerprint density at radius 2 is 2.18 bits per heavy atom. The minimum atomic E-state index is 0.350. The normalized spacial score (nSPS) is 32.4. The third-order valence-electron chi connectivity index (χ3n) is 5.68. The minimum Gasteiger partial charge on any atom is -0.454 e. The van der Waals surface area contributed by atoms with Gasteiger partial charge in [0.2, 0.25) is 6.79 Å². The Balaban J connectivity index is 1.29. The molecule has 4 nitrogen and oxygen atoms in total. The van der Waals surface area contributed by atoms with Crippen molar-refractivity contribution in [3.63, 3.8) is 0 Å². The largest absolute Gasteiger partial charge is 0.454 e. The van der Waals surface area contributed by atoms with Crippen LogP contribution < -0.4 is 14.8 Å². The standard InChI is InChI=1S/C18H26N2O2/c1-2-14-11-20-6-5-15(14)8-16(20)10-19-9-13-3-4-17-18(7-13)22-12-21-17/h3-4,7,14-16,19H,2,5-6,8-12H2,1H3/t14-,15+,16-/m1/s1. The summed E-state index contributed by atoms with van der Waals surface area (Å²) in [6.45, 7) is 7.32. The zero-order valence-corrected chi connectivity index (χ0v) is 13.4. The number of fused-ring (bicyclic) bond motifs is 4. The molecule has 0 spiro atoms. The first kappa shape index (κ1) is 14.3. The van der Waals surface area contributed by atoms with Crippen molar-refractivity contribution in [3.8, 4) is 11.5 Å². The number of benzene rings is 1. The van der Waals surface area contributed by atoms with E-state index in [0.29, 0.717) is 6.79 Å². The molecule has 1 aromatic carbocycles. The second-order valence-corrected chi connectivity index (χ2v) is 6.92. The summed E-state index contributed by atoms with van der Waals surface area (Å²) in [4.78, 5) is 2.71. The molecule has 0 amide bonds. The lowest BCUT2D eigenvalue weighted by atomic mass is 9.74. The number of ether oxygens (including phenoxy) is 2. The Morgan fingerprint density at radius 1 is 1.27 bits per heavy atom. The average molecular weight is 302 g/mol. The maximum atomic E-state index is 5.44. The van der Waals surface area contributed by atoms with Gasteiger partial charge < -0.3 is 14.8 Å². The van der Waals surface area contributed by atoms with Gasteiger partial charge in [-0.25, -0.2) is 0 Å². The van der Waals surface area contributed by atoms with Crippen molar-refractivity contribution in [2.24, 2.45) is 11.8 Å². The third kappa shape index (κ3) is 2.70. The van der Waals surface area contributed by atoms with Gasteiger partial charge in [0.25, 0.3) is 0 Å². The van der Waals surface area contributed by atoms with Crippen LogP contribution >= 0.6 is 0 Å². The van der Waals surface area contributed by atoms with Crippen molar-refractivity contribution >= 4 is 0 Å². The number of nitrogens with one attached hydrogen (secondary N) is 1.